The van der Waals surface area contributed by atoms with E-state index in [-0.39, 0.29) is 0 Å². The van der Waals surface area contributed by atoms with Crippen LogP contribution in [-0.4, -0.2) is 30.1 Å². The van der Waals surface area contributed by atoms with Gasteiger partial charge in [-0.25, -0.2) is 0 Å². The summed E-state index contributed by atoms with van der Waals surface area (Å²) >= 11 is 1.89. The minimum absolute atomic E-state index is 0.611. The van der Waals surface area contributed by atoms with Gasteiger partial charge in [0.25, 0.3) is 0 Å². The first-order valence-corrected chi connectivity index (χ1v) is 7.12. The van der Waals surface area contributed by atoms with Gasteiger partial charge in [0.2, 0.25) is 0 Å². The third-order valence-electron chi connectivity index (χ3n) is 3.47. The third kappa shape index (κ3) is 2.47. The van der Waals surface area contributed by atoms with Gasteiger partial charge >= 0.3 is 0 Å². The molecule has 16 heavy (non-hydrogen) atoms. The van der Waals surface area contributed by atoms with Gasteiger partial charge in [-0.1, -0.05) is 13.0 Å². The van der Waals surface area contributed by atoms with Crippen LogP contribution in [0.25, 0.3) is 0 Å². The molecule has 3 atom stereocenters. The first-order valence-electron chi connectivity index (χ1n) is 6.25. The Morgan fingerprint density at radius 1 is 1.56 bits per heavy atom. The lowest BCUT2D eigenvalue weighted by atomic mass is 10.0. The Morgan fingerprint density at radius 2 is 2.38 bits per heavy atom. The van der Waals surface area contributed by atoms with Crippen LogP contribution in [-0.2, 0) is 0 Å². The summed E-state index contributed by atoms with van der Waals surface area (Å²) in [5.41, 5.74) is 0. The maximum atomic E-state index is 3.55. The van der Waals surface area contributed by atoms with Gasteiger partial charge in [0, 0.05) is 36.1 Å². The van der Waals surface area contributed by atoms with Gasteiger partial charge in [-0.05, 0) is 31.7 Å². The van der Waals surface area contributed by atoms with Crippen LogP contribution in [0.1, 0.15) is 38.1 Å². The zero-order valence-corrected chi connectivity index (χ0v) is 11.3. The van der Waals surface area contributed by atoms with Crippen LogP contribution >= 0.6 is 11.3 Å². The van der Waals surface area contributed by atoms with Gasteiger partial charge in [-0.2, -0.15) is 0 Å². The van der Waals surface area contributed by atoms with Gasteiger partial charge in [0.1, 0.15) is 0 Å². The molecule has 1 aliphatic rings. The zero-order chi connectivity index (χ0) is 11.5. The molecule has 90 valence electrons. The molecule has 2 nitrogen and oxygen atoms in total. The summed E-state index contributed by atoms with van der Waals surface area (Å²) in [5, 5.41) is 5.74. The summed E-state index contributed by atoms with van der Waals surface area (Å²) in [6.07, 6.45) is 1.21. The summed E-state index contributed by atoms with van der Waals surface area (Å²) in [5.74, 6) is 0. The Balaban J connectivity index is 2.13. The highest BCUT2D eigenvalue weighted by Gasteiger charge is 2.28. The van der Waals surface area contributed by atoms with E-state index in [9.17, 15) is 0 Å². The minimum Gasteiger partial charge on any atom is -0.311 e. The normalized spacial score (nSPS) is 29.2. The van der Waals surface area contributed by atoms with E-state index in [0.29, 0.717) is 18.1 Å². The molecular weight excluding hydrogens is 216 g/mol. The van der Waals surface area contributed by atoms with Gasteiger partial charge in [0.15, 0.2) is 0 Å². The molecule has 1 aromatic heterocycles. The molecule has 0 aliphatic carbocycles. The van der Waals surface area contributed by atoms with Crippen molar-refractivity contribution in [1.29, 1.82) is 0 Å². The fourth-order valence-corrected chi connectivity index (χ4v) is 3.49. The van der Waals surface area contributed by atoms with Crippen molar-refractivity contribution in [1.82, 2.24) is 10.2 Å². The number of rotatable bonds is 3. The molecule has 1 aromatic rings. The van der Waals surface area contributed by atoms with E-state index in [1.807, 2.05) is 11.3 Å². The summed E-state index contributed by atoms with van der Waals surface area (Å²) in [4.78, 5) is 4.18. The second-order valence-corrected chi connectivity index (χ2v) is 5.77. The summed E-state index contributed by atoms with van der Waals surface area (Å²) < 4.78 is 0. The topological polar surface area (TPSA) is 15.3 Å². The monoisotopic (exact) mass is 238 g/mol. The molecular formula is C13H22N2S. The molecule has 3 unspecified atom stereocenters. The smallest absolute Gasteiger partial charge is 0.0442 e. The lowest BCUT2D eigenvalue weighted by molar-refractivity contribution is 0.0939. The number of nitrogens with one attached hydrogen (secondary N) is 1. The zero-order valence-electron chi connectivity index (χ0n) is 10.4. The standard InChI is InChI=1S/C13H22N2S/c1-4-12(13-6-5-7-16-13)15-9-10(2)14-8-11(15)3/h5-7,10-12,14H,4,8-9H2,1-3H3. The van der Waals surface area contributed by atoms with E-state index in [0.717, 1.165) is 13.1 Å². The fourth-order valence-electron chi connectivity index (χ4n) is 2.56. The lowest BCUT2D eigenvalue weighted by Crippen LogP contribution is -2.55. The van der Waals surface area contributed by atoms with Crippen molar-refractivity contribution in [3.05, 3.63) is 22.4 Å². The molecule has 0 aromatic carbocycles. The summed E-state index contributed by atoms with van der Waals surface area (Å²) in [7, 11) is 0. The Hall–Kier alpha value is -0.380. The van der Waals surface area contributed by atoms with Gasteiger partial charge in [-0.15, -0.1) is 11.3 Å². The Labute approximate surface area is 103 Å². The first-order chi connectivity index (χ1) is 7.72. The van der Waals surface area contributed by atoms with Gasteiger partial charge in [-0.3, -0.25) is 4.90 Å². The third-order valence-corrected chi connectivity index (χ3v) is 4.44. The highest BCUT2D eigenvalue weighted by Crippen LogP contribution is 2.30. The van der Waals surface area contributed by atoms with Crippen LogP contribution in [0.15, 0.2) is 17.5 Å². The number of hydrogen-bond donors (Lipinski definition) is 1. The predicted molar refractivity (Wildman–Crippen MR) is 71.0 cm³/mol. The largest absolute Gasteiger partial charge is 0.311 e. The lowest BCUT2D eigenvalue weighted by Gasteiger charge is -2.42. The molecule has 1 aliphatic heterocycles. The number of thiophene rings is 1. The van der Waals surface area contributed by atoms with Crippen molar-refractivity contribution in [3.63, 3.8) is 0 Å². The van der Waals surface area contributed by atoms with Crippen molar-refractivity contribution in [3.8, 4) is 0 Å². The van der Waals surface area contributed by atoms with Crippen molar-refractivity contribution >= 4 is 11.3 Å². The summed E-state index contributed by atoms with van der Waals surface area (Å²) in [6.45, 7) is 9.18. The number of nitrogens with zero attached hydrogens (tertiary/aromatic N) is 1. The SMILES string of the molecule is CCC(c1cccs1)N1CC(C)NCC1C. The molecule has 1 N–H and O–H groups in total. The second-order valence-electron chi connectivity index (χ2n) is 4.79. The van der Waals surface area contributed by atoms with E-state index in [2.05, 4.69) is 48.5 Å². The average Bonchev–Trinajstić information content (AvgIpc) is 2.78. The van der Waals surface area contributed by atoms with Crippen molar-refractivity contribution in [2.75, 3.05) is 13.1 Å². The quantitative estimate of drug-likeness (QED) is 0.871. The van der Waals surface area contributed by atoms with E-state index in [1.165, 1.54) is 11.3 Å². The van der Waals surface area contributed by atoms with Crippen LogP contribution in [0, 0.1) is 0 Å². The number of hydrogen-bond acceptors (Lipinski definition) is 3. The van der Waals surface area contributed by atoms with E-state index in [4.69, 9.17) is 0 Å². The highest BCUT2D eigenvalue weighted by atomic mass is 32.1. The first kappa shape index (κ1) is 12.1. The highest BCUT2D eigenvalue weighted by molar-refractivity contribution is 7.10. The van der Waals surface area contributed by atoms with Crippen LogP contribution in [0.5, 0.6) is 0 Å². The van der Waals surface area contributed by atoms with E-state index >= 15 is 0 Å². The van der Waals surface area contributed by atoms with Crippen LogP contribution < -0.4 is 5.32 Å². The van der Waals surface area contributed by atoms with Crippen LogP contribution in [0.2, 0.25) is 0 Å². The number of piperazine rings is 1. The van der Waals surface area contributed by atoms with E-state index in [1.54, 1.807) is 0 Å². The van der Waals surface area contributed by atoms with Gasteiger partial charge in [0.05, 0.1) is 0 Å². The summed E-state index contributed by atoms with van der Waals surface area (Å²) in [6, 6.07) is 6.31. The maximum absolute atomic E-state index is 3.55. The second kappa shape index (κ2) is 5.30. The van der Waals surface area contributed by atoms with E-state index < -0.39 is 0 Å². The molecule has 2 heterocycles. The Morgan fingerprint density at radius 3 is 3.00 bits per heavy atom. The molecule has 3 heteroatoms. The predicted octanol–water partition coefficient (Wildman–Crippen LogP) is 2.88. The Bertz CT molecular complexity index is 310. The molecule has 0 radical (unpaired) electrons. The molecule has 0 spiro atoms. The molecule has 1 saturated heterocycles. The van der Waals surface area contributed by atoms with Gasteiger partial charge < -0.3 is 5.32 Å². The molecule has 0 amide bonds. The molecule has 0 bridgehead atoms. The molecule has 1 fully saturated rings. The van der Waals surface area contributed by atoms with Crippen molar-refractivity contribution in [2.24, 2.45) is 0 Å². The van der Waals surface area contributed by atoms with Crippen LogP contribution in [0.4, 0.5) is 0 Å². The minimum atomic E-state index is 0.611. The van der Waals surface area contributed by atoms with Crippen molar-refractivity contribution in [2.45, 2.75) is 45.3 Å². The fraction of sp³-hybridized carbons (Fsp3) is 0.692. The molecule has 2 rings (SSSR count). The average molecular weight is 238 g/mol. The molecule has 0 saturated carbocycles. The maximum Gasteiger partial charge on any atom is 0.0442 e. The Kier molecular flexibility index (Phi) is 4.00. The van der Waals surface area contributed by atoms with Crippen molar-refractivity contribution < 1.29 is 0 Å². The van der Waals surface area contributed by atoms with Crippen LogP contribution in [0.3, 0.4) is 0 Å².